The summed E-state index contributed by atoms with van der Waals surface area (Å²) in [6.07, 6.45) is 4.08. The number of aromatic nitrogens is 2. The fraction of sp³-hybridized carbons (Fsp3) is 0.0769. The minimum atomic E-state index is 0.780. The van der Waals surface area contributed by atoms with E-state index in [0.717, 1.165) is 23.4 Å². The van der Waals surface area contributed by atoms with Crippen LogP contribution >= 0.6 is 11.5 Å². The van der Waals surface area contributed by atoms with Crippen LogP contribution in [0.5, 0.6) is 0 Å². The van der Waals surface area contributed by atoms with E-state index in [4.69, 9.17) is 4.42 Å². The molecule has 0 bridgehead atoms. The van der Waals surface area contributed by atoms with E-state index in [1.54, 1.807) is 6.20 Å². The Bertz CT molecular complexity index is 587. The molecule has 2 heterocycles. The van der Waals surface area contributed by atoms with Gasteiger partial charge in [0.2, 0.25) is 0 Å². The van der Waals surface area contributed by atoms with Crippen molar-refractivity contribution in [3.63, 3.8) is 0 Å². The molecule has 0 unspecified atom stereocenters. The lowest BCUT2D eigenvalue weighted by atomic mass is 10.1. The number of rotatable bonds is 3. The van der Waals surface area contributed by atoms with Gasteiger partial charge in [-0.3, -0.25) is 0 Å². The number of hydrogen-bond acceptors (Lipinski definition) is 4. The average Bonchev–Trinajstić information content (AvgIpc) is 3.00. The predicted molar refractivity (Wildman–Crippen MR) is 66.9 cm³/mol. The zero-order valence-corrected chi connectivity index (χ0v) is 9.85. The van der Waals surface area contributed by atoms with Gasteiger partial charge < -0.3 is 4.42 Å². The van der Waals surface area contributed by atoms with Crippen LogP contribution in [0.15, 0.2) is 52.7 Å². The Morgan fingerprint density at radius 3 is 2.82 bits per heavy atom. The number of oxazole rings is 1. The van der Waals surface area contributed by atoms with E-state index in [0.29, 0.717) is 0 Å². The van der Waals surface area contributed by atoms with Gasteiger partial charge in [0, 0.05) is 17.4 Å². The van der Waals surface area contributed by atoms with Gasteiger partial charge in [0.05, 0.1) is 11.9 Å². The van der Waals surface area contributed by atoms with Crippen LogP contribution in [0.3, 0.4) is 0 Å². The first kappa shape index (κ1) is 10.2. The molecule has 0 saturated heterocycles. The van der Waals surface area contributed by atoms with E-state index in [1.807, 2.05) is 23.6 Å². The van der Waals surface area contributed by atoms with Gasteiger partial charge in [-0.1, -0.05) is 30.3 Å². The van der Waals surface area contributed by atoms with Crippen molar-refractivity contribution in [2.24, 2.45) is 0 Å². The van der Waals surface area contributed by atoms with Crippen molar-refractivity contribution in [2.45, 2.75) is 6.42 Å². The van der Waals surface area contributed by atoms with Crippen LogP contribution in [0.2, 0.25) is 0 Å². The fourth-order valence-electron chi connectivity index (χ4n) is 1.74. The van der Waals surface area contributed by atoms with Crippen molar-refractivity contribution in [2.75, 3.05) is 0 Å². The van der Waals surface area contributed by atoms with Gasteiger partial charge in [0.1, 0.15) is 0 Å². The standard InChI is InChI=1S/C13H10N2OS/c1-2-4-10(5-3-1)6-12-13(16-9-14-12)11-7-15-17-8-11/h1-5,7-9H,6H2. The van der Waals surface area contributed by atoms with Gasteiger partial charge in [-0.05, 0) is 17.1 Å². The molecule has 0 fully saturated rings. The molecule has 0 aliphatic rings. The molecule has 84 valence electrons. The molecule has 0 aliphatic heterocycles. The Morgan fingerprint density at radius 1 is 1.18 bits per heavy atom. The van der Waals surface area contributed by atoms with Gasteiger partial charge in [-0.25, -0.2) is 9.36 Å². The van der Waals surface area contributed by atoms with E-state index in [2.05, 4.69) is 21.5 Å². The fourth-order valence-corrected chi connectivity index (χ4v) is 2.25. The van der Waals surface area contributed by atoms with Gasteiger partial charge in [-0.2, -0.15) is 0 Å². The largest absolute Gasteiger partial charge is 0.443 e. The number of benzene rings is 1. The summed E-state index contributed by atoms with van der Waals surface area (Å²) in [6.45, 7) is 0. The summed E-state index contributed by atoms with van der Waals surface area (Å²) in [5.74, 6) is 0.822. The summed E-state index contributed by atoms with van der Waals surface area (Å²) in [4.78, 5) is 4.28. The first-order valence-electron chi connectivity index (χ1n) is 5.29. The summed E-state index contributed by atoms with van der Waals surface area (Å²) < 4.78 is 9.52. The maximum atomic E-state index is 5.44. The predicted octanol–water partition coefficient (Wildman–Crippen LogP) is 3.39. The topological polar surface area (TPSA) is 38.9 Å². The van der Waals surface area contributed by atoms with Gasteiger partial charge >= 0.3 is 0 Å². The van der Waals surface area contributed by atoms with Crippen LogP contribution < -0.4 is 0 Å². The zero-order chi connectivity index (χ0) is 11.5. The normalized spacial score (nSPS) is 10.6. The van der Waals surface area contributed by atoms with Crippen molar-refractivity contribution in [3.05, 3.63) is 59.6 Å². The Kier molecular flexibility index (Phi) is 2.71. The van der Waals surface area contributed by atoms with Crippen molar-refractivity contribution >= 4 is 11.5 Å². The van der Waals surface area contributed by atoms with E-state index >= 15 is 0 Å². The van der Waals surface area contributed by atoms with Gasteiger partial charge in [0.25, 0.3) is 0 Å². The molecular weight excluding hydrogens is 232 g/mol. The first-order valence-corrected chi connectivity index (χ1v) is 6.13. The summed E-state index contributed by atoms with van der Waals surface area (Å²) in [5, 5.41) is 1.97. The molecule has 0 saturated carbocycles. The second-order valence-corrected chi connectivity index (χ2v) is 4.36. The van der Waals surface area contributed by atoms with Gasteiger partial charge in [-0.15, -0.1) is 0 Å². The minimum Gasteiger partial charge on any atom is -0.443 e. The highest BCUT2D eigenvalue weighted by atomic mass is 32.1. The molecule has 4 heteroatoms. The van der Waals surface area contributed by atoms with Crippen LogP contribution in [0, 0.1) is 0 Å². The molecule has 0 atom stereocenters. The lowest BCUT2D eigenvalue weighted by Gasteiger charge is -1.99. The molecule has 3 rings (SSSR count). The van der Waals surface area contributed by atoms with Crippen molar-refractivity contribution in [3.8, 4) is 11.3 Å². The number of hydrogen-bond donors (Lipinski definition) is 0. The summed E-state index contributed by atoms with van der Waals surface area (Å²) >= 11 is 1.42. The Hall–Kier alpha value is -1.94. The third-order valence-corrected chi connectivity index (χ3v) is 3.14. The maximum absolute atomic E-state index is 5.44. The molecule has 0 radical (unpaired) electrons. The summed E-state index contributed by atoms with van der Waals surface area (Å²) in [5.41, 5.74) is 3.18. The summed E-state index contributed by atoms with van der Waals surface area (Å²) in [6, 6.07) is 10.2. The van der Waals surface area contributed by atoms with E-state index in [9.17, 15) is 0 Å². The Morgan fingerprint density at radius 2 is 2.06 bits per heavy atom. The second-order valence-electron chi connectivity index (χ2n) is 3.70. The smallest absolute Gasteiger partial charge is 0.181 e. The summed E-state index contributed by atoms with van der Waals surface area (Å²) in [7, 11) is 0. The Balaban J connectivity index is 1.92. The number of nitrogens with zero attached hydrogens (tertiary/aromatic N) is 2. The van der Waals surface area contributed by atoms with Crippen LogP contribution in [0.1, 0.15) is 11.3 Å². The Labute approximate surface area is 103 Å². The monoisotopic (exact) mass is 242 g/mol. The quantitative estimate of drug-likeness (QED) is 0.706. The van der Waals surface area contributed by atoms with Crippen LogP contribution in [-0.2, 0) is 6.42 Å². The molecule has 1 aromatic carbocycles. The average molecular weight is 242 g/mol. The third kappa shape index (κ3) is 2.12. The molecule has 3 aromatic rings. The van der Waals surface area contributed by atoms with Crippen molar-refractivity contribution in [1.82, 2.24) is 9.36 Å². The van der Waals surface area contributed by atoms with Crippen LogP contribution in [0.4, 0.5) is 0 Å². The van der Waals surface area contributed by atoms with E-state index in [1.165, 1.54) is 23.5 Å². The van der Waals surface area contributed by atoms with Crippen LogP contribution in [0.25, 0.3) is 11.3 Å². The zero-order valence-electron chi connectivity index (χ0n) is 9.04. The molecule has 0 spiro atoms. The minimum absolute atomic E-state index is 0.780. The van der Waals surface area contributed by atoms with Crippen LogP contribution in [-0.4, -0.2) is 9.36 Å². The maximum Gasteiger partial charge on any atom is 0.181 e. The first-order chi connectivity index (χ1) is 8.43. The third-order valence-electron chi connectivity index (χ3n) is 2.55. The lowest BCUT2D eigenvalue weighted by molar-refractivity contribution is 0.571. The highest BCUT2D eigenvalue weighted by Crippen LogP contribution is 2.25. The SMILES string of the molecule is c1ccc(Cc2ncoc2-c2cnsc2)cc1. The molecule has 0 aliphatic carbocycles. The molecule has 3 nitrogen and oxygen atoms in total. The molecular formula is C13H10N2OS. The van der Waals surface area contributed by atoms with Gasteiger partial charge in [0.15, 0.2) is 12.2 Å². The molecule has 0 amide bonds. The van der Waals surface area contributed by atoms with Crippen molar-refractivity contribution in [1.29, 1.82) is 0 Å². The highest BCUT2D eigenvalue weighted by molar-refractivity contribution is 7.03. The molecule has 17 heavy (non-hydrogen) atoms. The molecule has 0 N–H and O–H groups in total. The van der Waals surface area contributed by atoms with E-state index < -0.39 is 0 Å². The second kappa shape index (κ2) is 4.51. The lowest BCUT2D eigenvalue weighted by Crippen LogP contribution is -1.90. The van der Waals surface area contributed by atoms with Crippen molar-refractivity contribution < 1.29 is 4.42 Å². The van der Waals surface area contributed by atoms with E-state index in [-0.39, 0.29) is 0 Å². The molecule has 2 aromatic heterocycles. The highest BCUT2D eigenvalue weighted by Gasteiger charge is 2.11.